The molecular weight excluding hydrogens is 370 g/mol. The molecule has 1 aromatic carbocycles. The van der Waals surface area contributed by atoms with Crippen LogP contribution in [0.15, 0.2) is 41.4 Å². The zero-order chi connectivity index (χ0) is 19.4. The molecule has 0 bridgehead atoms. The van der Waals surface area contributed by atoms with Gasteiger partial charge in [-0.15, -0.1) is 0 Å². The quantitative estimate of drug-likeness (QED) is 0.569. The van der Waals surface area contributed by atoms with Gasteiger partial charge in [0.25, 0.3) is 0 Å². The van der Waals surface area contributed by atoms with Crippen LogP contribution in [-0.4, -0.2) is 30.7 Å². The molecular formula is C18H21N3O5S. The normalized spacial score (nSPS) is 14.9. The lowest BCUT2D eigenvalue weighted by atomic mass is 10.2. The molecule has 3 rings (SSSR count). The minimum absolute atomic E-state index is 0.147. The van der Waals surface area contributed by atoms with Gasteiger partial charge in [0, 0.05) is 25.1 Å². The molecule has 8 nitrogen and oxygen atoms in total. The number of para-hydroxylation sites is 1. The molecule has 0 radical (unpaired) electrons. The van der Waals surface area contributed by atoms with Gasteiger partial charge in [0.15, 0.2) is 9.84 Å². The first-order chi connectivity index (χ1) is 12.8. The number of nitrogens with zero attached hydrogens (tertiary/aromatic N) is 2. The number of anilines is 1. The Morgan fingerprint density at radius 2 is 2.00 bits per heavy atom. The number of hydrogen-bond donors (Lipinski definition) is 1. The van der Waals surface area contributed by atoms with Crippen LogP contribution < -0.4 is 10.1 Å². The monoisotopic (exact) mass is 391 g/mol. The largest absolute Gasteiger partial charge is 0.474 e. The van der Waals surface area contributed by atoms with E-state index in [1.54, 1.807) is 12.3 Å². The molecule has 2 aromatic rings. The van der Waals surface area contributed by atoms with E-state index < -0.39 is 20.4 Å². The van der Waals surface area contributed by atoms with Gasteiger partial charge in [0.1, 0.15) is 16.7 Å². The number of nitro groups is 1. The third-order valence-electron chi connectivity index (χ3n) is 4.45. The lowest BCUT2D eigenvalue weighted by Gasteiger charge is -2.12. The number of hydrogen-bond acceptors (Lipinski definition) is 7. The molecule has 0 spiro atoms. The van der Waals surface area contributed by atoms with Crippen molar-refractivity contribution in [3.05, 3.63) is 52.2 Å². The van der Waals surface area contributed by atoms with Crippen LogP contribution in [-0.2, 0) is 16.4 Å². The molecule has 0 amide bonds. The van der Waals surface area contributed by atoms with E-state index in [4.69, 9.17) is 4.74 Å². The van der Waals surface area contributed by atoms with Gasteiger partial charge in [-0.05, 0) is 43.4 Å². The van der Waals surface area contributed by atoms with Gasteiger partial charge >= 0.3 is 5.69 Å². The second kappa shape index (κ2) is 7.91. The Morgan fingerprint density at radius 1 is 1.26 bits per heavy atom. The second-order valence-electron chi connectivity index (χ2n) is 6.56. The van der Waals surface area contributed by atoms with Crippen molar-refractivity contribution in [3.63, 3.8) is 0 Å². The summed E-state index contributed by atoms with van der Waals surface area (Å²) in [4.78, 5) is 14.7. The summed E-state index contributed by atoms with van der Waals surface area (Å²) >= 11 is 0. The number of aromatic nitrogens is 1. The molecule has 0 saturated heterocycles. The average molecular weight is 391 g/mol. The number of pyridine rings is 1. The Labute approximate surface area is 157 Å². The van der Waals surface area contributed by atoms with Crippen LogP contribution in [0.5, 0.6) is 5.88 Å². The van der Waals surface area contributed by atoms with Gasteiger partial charge in [-0.3, -0.25) is 10.1 Å². The van der Waals surface area contributed by atoms with Crippen molar-refractivity contribution in [2.24, 2.45) is 0 Å². The predicted octanol–water partition coefficient (Wildman–Crippen LogP) is 3.33. The Hall–Kier alpha value is -2.68. The fourth-order valence-electron chi connectivity index (χ4n) is 3.11. The molecule has 1 saturated carbocycles. The van der Waals surface area contributed by atoms with E-state index >= 15 is 0 Å². The fourth-order valence-corrected chi connectivity index (χ4v) is 3.97. The van der Waals surface area contributed by atoms with Crippen molar-refractivity contribution in [2.75, 3.05) is 11.6 Å². The molecule has 1 heterocycles. The number of ether oxygens (including phenoxy) is 1. The Bertz CT molecular complexity index is 923. The summed E-state index contributed by atoms with van der Waals surface area (Å²) in [5, 5.41) is 14.3. The van der Waals surface area contributed by atoms with Crippen LogP contribution in [0.3, 0.4) is 0 Å². The maximum absolute atomic E-state index is 11.8. The second-order valence-corrected chi connectivity index (χ2v) is 8.55. The highest BCUT2D eigenvalue weighted by atomic mass is 32.2. The summed E-state index contributed by atoms with van der Waals surface area (Å²) < 4.78 is 29.4. The molecule has 9 heteroatoms. The standard InChI is InChI=1S/C18H21N3O5S/c1-27(24,25)16-8-4-7-15(18(16)21(22)23)19-11-13-9-10-17(20-12-13)26-14-5-2-3-6-14/h4,7-10,12,14,19H,2-3,5-6,11H2,1H3. The van der Waals surface area contributed by atoms with Crippen LogP contribution >= 0.6 is 0 Å². The number of benzene rings is 1. The molecule has 27 heavy (non-hydrogen) atoms. The predicted molar refractivity (Wildman–Crippen MR) is 101 cm³/mol. The third kappa shape index (κ3) is 4.73. The zero-order valence-corrected chi connectivity index (χ0v) is 15.7. The fraction of sp³-hybridized carbons (Fsp3) is 0.389. The summed E-state index contributed by atoms with van der Waals surface area (Å²) in [6.07, 6.45) is 7.27. The molecule has 144 valence electrons. The van der Waals surface area contributed by atoms with E-state index in [9.17, 15) is 18.5 Å². The maximum atomic E-state index is 11.8. The summed E-state index contributed by atoms with van der Waals surface area (Å²) in [5.74, 6) is 0.565. The summed E-state index contributed by atoms with van der Waals surface area (Å²) in [7, 11) is -3.71. The average Bonchev–Trinajstić information content (AvgIpc) is 3.13. The van der Waals surface area contributed by atoms with Crippen molar-refractivity contribution < 1.29 is 18.1 Å². The van der Waals surface area contributed by atoms with Gasteiger partial charge in [-0.25, -0.2) is 13.4 Å². The number of nitro benzene ring substituents is 1. The van der Waals surface area contributed by atoms with Crippen LogP contribution in [0.25, 0.3) is 0 Å². The smallest absolute Gasteiger partial charge is 0.310 e. The van der Waals surface area contributed by atoms with Crippen molar-refractivity contribution in [1.29, 1.82) is 0 Å². The topological polar surface area (TPSA) is 111 Å². The molecule has 1 aliphatic carbocycles. The Kier molecular flexibility index (Phi) is 5.59. The van der Waals surface area contributed by atoms with Crippen molar-refractivity contribution in [3.8, 4) is 5.88 Å². The summed E-state index contributed by atoms with van der Waals surface area (Å²) in [6, 6.07) is 7.79. The van der Waals surface area contributed by atoms with Gasteiger partial charge < -0.3 is 10.1 Å². The van der Waals surface area contributed by atoms with Crippen molar-refractivity contribution in [2.45, 2.75) is 43.2 Å². The number of rotatable bonds is 7. The first kappa shape index (κ1) is 19.1. The highest BCUT2D eigenvalue weighted by Gasteiger charge is 2.26. The SMILES string of the molecule is CS(=O)(=O)c1cccc(NCc2ccc(OC3CCCC3)nc2)c1[N+](=O)[O-]. The number of nitrogens with one attached hydrogen (secondary N) is 1. The van der Waals surface area contributed by atoms with Gasteiger partial charge in [-0.2, -0.15) is 0 Å². The highest BCUT2D eigenvalue weighted by molar-refractivity contribution is 7.90. The maximum Gasteiger partial charge on any atom is 0.310 e. The number of sulfone groups is 1. The lowest BCUT2D eigenvalue weighted by molar-refractivity contribution is -0.386. The molecule has 1 fully saturated rings. The first-order valence-corrected chi connectivity index (χ1v) is 10.6. The molecule has 0 atom stereocenters. The molecule has 0 aliphatic heterocycles. The van der Waals surface area contributed by atoms with Crippen LogP contribution in [0, 0.1) is 10.1 Å². The van der Waals surface area contributed by atoms with E-state index in [0.717, 1.165) is 24.7 Å². The third-order valence-corrected chi connectivity index (χ3v) is 5.58. The summed E-state index contributed by atoms with van der Waals surface area (Å²) in [5.41, 5.74) is 0.496. The van der Waals surface area contributed by atoms with Crippen molar-refractivity contribution in [1.82, 2.24) is 4.98 Å². The molecule has 1 N–H and O–H groups in total. The van der Waals surface area contributed by atoms with Gasteiger partial charge in [-0.1, -0.05) is 12.1 Å². The van der Waals surface area contributed by atoms with E-state index in [1.807, 2.05) is 6.07 Å². The molecule has 1 aliphatic rings. The minimum atomic E-state index is -3.71. The van der Waals surface area contributed by atoms with E-state index in [-0.39, 0.29) is 23.2 Å². The highest BCUT2D eigenvalue weighted by Crippen LogP contribution is 2.32. The van der Waals surface area contributed by atoms with Crippen LogP contribution in [0.1, 0.15) is 31.2 Å². The van der Waals surface area contributed by atoms with Gasteiger partial charge in [0.05, 0.1) is 4.92 Å². The Balaban J connectivity index is 1.72. The van der Waals surface area contributed by atoms with Crippen molar-refractivity contribution >= 4 is 21.2 Å². The lowest BCUT2D eigenvalue weighted by Crippen LogP contribution is -2.12. The van der Waals surface area contributed by atoms with E-state index in [2.05, 4.69) is 10.3 Å². The zero-order valence-electron chi connectivity index (χ0n) is 14.9. The van der Waals surface area contributed by atoms with Crippen LogP contribution in [0.2, 0.25) is 0 Å². The summed E-state index contributed by atoms with van der Waals surface area (Å²) in [6.45, 7) is 0.269. The van der Waals surface area contributed by atoms with E-state index in [1.165, 1.54) is 31.0 Å². The first-order valence-electron chi connectivity index (χ1n) is 8.67. The van der Waals surface area contributed by atoms with Crippen LogP contribution in [0.4, 0.5) is 11.4 Å². The molecule has 0 unspecified atom stereocenters. The Morgan fingerprint density at radius 3 is 2.59 bits per heavy atom. The van der Waals surface area contributed by atoms with E-state index in [0.29, 0.717) is 5.88 Å². The molecule has 1 aromatic heterocycles. The minimum Gasteiger partial charge on any atom is -0.474 e. The van der Waals surface area contributed by atoms with Gasteiger partial charge in [0.2, 0.25) is 5.88 Å².